The minimum absolute atomic E-state index is 0.0551. The van der Waals surface area contributed by atoms with Crippen LogP contribution in [-0.4, -0.2) is 29.4 Å². The van der Waals surface area contributed by atoms with E-state index in [1.165, 1.54) is 19.3 Å². The van der Waals surface area contributed by atoms with Gasteiger partial charge in [-0.15, -0.1) is 0 Å². The number of methoxy groups -OCH3 is 1. The highest BCUT2D eigenvalue weighted by molar-refractivity contribution is 5.76. The molecule has 6 rings (SSSR count). The number of aliphatic hydroxyl groups is 1. The van der Waals surface area contributed by atoms with Gasteiger partial charge in [-0.1, -0.05) is 71.1 Å². The van der Waals surface area contributed by atoms with Crippen LogP contribution in [0.3, 0.4) is 0 Å². The SMILES string of the molecule is C=C(/C=C/c1cccc(OC)c1)[C@@H]1CC[C@]2(C(=O)O)CC[C@]3(C)[C@H](CC[C@@H]4[C@@]5(C)CC[C@H](O)C(C)(C)[C@@H]5CC[C@]43C)[C@@H]12. The van der Waals surface area contributed by atoms with E-state index < -0.39 is 11.4 Å². The third kappa shape index (κ3) is 3.99. The minimum Gasteiger partial charge on any atom is -0.497 e. The van der Waals surface area contributed by atoms with Crippen LogP contribution in [0.15, 0.2) is 42.5 Å². The second kappa shape index (κ2) is 9.98. The van der Waals surface area contributed by atoms with Gasteiger partial charge in [0.1, 0.15) is 5.75 Å². The Balaban J connectivity index is 1.34. The number of carbonyl (C=O) groups is 1. The zero-order chi connectivity index (χ0) is 30.3. The van der Waals surface area contributed by atoms with Crippen molar-refractivity contribution in [2.24, 2.45) is 56.7 Å². The zero-order valence-electron chi connectivity index (χ0n) is 26.9. The summed E-state index contributed by atoms with van der Waals surface area (Å²) in [5.74, 6) is 2.13. The summed E-state index contributed by atoms with van der Waals surface area (Å²) in [4.78, 5) is 13.2. The molecule has 230 valence electrons. The van der Waals surface area contributed by atoms with E-state index in [0.717, 1.165) is 61.8 Å². The molecule has 0 unspecified atom stereocenters. The van der Waals surface area contributed by atoms with Crippen molar-refractivity contribution in [3.63, 3.8) is 0 Å². The summed E-state index contributed by atoms with van der Waals surface area (Å²) in [7, 11) is 1.69. The molecule has 5 saturated carbocycles. The van der Waals surface area contributed by atoms with E-state index in [2.05, 4.69) is 59.4 Å². The Hall–Kier alpha value is -2.07. The normalized spacial score (nSPS) is 45.8. The maximum atomic E-state index is 13.2. The molecular formula is C38H54O4. The van der Waals surface area contributed by atoms with Gasteiger partial charge in [-0.25, -0.2) is 0 Å². The Labute approximate surface area is 254 Å². The van der Waals surface area contributed by atoms with Crippen LogP contribution in [0.25, 0.3) is 6.08 Å². The number of carboxylic acid groups (broad SMARTS) is 1. The third-order valence-corrected chi connectivity index (χ3v) is 14.9. The molecule has 10 atom stereocenters. The lowest BCUT2D eigenvalue weighted by atomic mass is 9.32. The standard InChI is InChI=1S/C38H54O4/c1-24(11-12-25-9-8-10-26(23-25)42-7)27-15-20-38(33(40)41)22-21-36(5)28(32(27)38)13-14-30-35(4)18-17-31(39)34(2,3)29(35)16-19-37(30,36)6/h8-12,23,27-32,39H,1,13-22H2,2-7H3,(H,40,41)/b12-11+/t27-,28+,29-,30+,31-,32+,35-,36+,37+,38-/m0/s1. The second-order valence-electron chi connectivity index (χ2n) is 16.4. The highest BCUT2D eigenvalue weighted by Gasteiger charge is 2.72. The molecule has 0 spiro atoms. The number of allylic oxidation sites excluding steroid dienone is 2. The van der Waals surface area contributed by atoms with Gasteiger partial charge in [-0.05, 0) is 133 Å². The first-order valence-corrected chi connectivity index (χ1v) is 16.7. The number of ether oxygens (including phenoxy) is 1. The Bertz CT molecular complexity index is 1280. The molecule has 1 aromatic rings. The van der Waals surface area contributed by atoms with Crippen molar-refractivity contribution in [1.29, 1.82) is 0 Å². The van der Waals surface area contributed by atoms with Gasteiger partial charge in [0.2, 0.25) is 0 Å². The fourth-order valence-corrected chi connectivity index (χ4v) is 12.4. The summed E-state index contributed by atoms with van der Waals surface area (Å²) >= 11 is 0. The lowest BCUT2D eigenvalue weighted by Crippen LogP contribution is -2.67. The monoisotopic (exact) mass is 574 g/mol. The summed E-state index contributed by atoms with van der Waals surface area (Å²) in [6.07, 6.45) is 14.2. The lowest BCUT2D eigenvalue weighted by Gasteiger charge is -2.72. The summed E-state index contributed by atoms with van der Waals surface area (Å²) < 4.78 is 5.42. The first-order valence-electron chi connectivity index (χ1n) is 16.7. The van der Waals surface area contributed by atoms with Crippen molar-refractivity contribution in [3.05, 3.63) is 48.1 Å². The van der Waals surface area contributed by atoms with Gasteiger partial charge < -0.3 is 14.9 Å². The van der Waals surface area contributed by atoms with Crippen molar-refractivity contribution < 1.29 is 19.7 Å². The van der Waals surface area contributed by atoms with Crippen LogP contribution in [-0.2, 0) is 4.79 Å². The quantitative estimate of drug-likeness (QED) is 0.345. The molecule has 2 N–H and O–H groups in total. The number of carboxylic acids is 1. The van der Waals surface area contributed by atoms with Gasteiger partial charge in [0.05, 0.1) is 18.6 Å². The predicted molar refractivity (Wildman–Crippen MR) is 169 cm³/mol. The van der Waals surface area contributed by atoms with Crippen LogP contribution in [0, 0.1) is 56.7 Å². The predicted octanol–water partition coefficient (Wildman–Crippen LogP) is 8.79. The Morgan fingerprint density at radius 3 is 2.40 bits per heavy atom. The number of benzene rings is 1. The van der Waals surface area contributed by atoms with Crippen molar-refractivity contribution in [2.75, 3.05) is 7.11 Å². The van der Waals surface area contributed by atoms with Gasteiger partial charge in [-0.2, -0.15) is 0 Å². The van der Waals surface area contributed by atoms with Crippen LogP contribution < -0.4 is 4.74 Å². The van der Waals surface area contributed by atoms with E-state index in [0.29, 0.717) is 17.8 Å². The summed E-state index contributed by atoms with van der Waals surface area (Å²) in [6.45, 7) is 16.9. The van der Waals surface area contributed by atoms with Crippen molar-refractivity contribution in [2.45, 2.75) is 105 Å². The molecule has 0 aliphatic heterocycles. The second-order valence-corrected chi connectivity index (χ2v) is 16.4. The average Bonchev–Trinajstić information content (AvgIpc) is 3.36. The number of hydrogen-bond acceptors (Lipinski definition) is 3. The highest BCUT2D eigenvalue weighted by atomic mass is 16.5. The molecule has 0 bridgehead atoms. The van der Waals surface area contributed by atoms with Gasteiger partial charge in [0.25, 0.3) is 0 Å². The van der Waals surface area contributed by atoms with E-state index in [1.54, 1.807) is 7.11 Å². The largest absolute Gasteiger partial charge is 0.497 e. The fourth-order valence-electron chi connectivity index (χ4n) is 12.4. The third-order valence-electron chi connectivity index (χ3n) is 14.9. The summed E-state index contributed by atoms with van der Waals surface area (Å²) in [5, 5.41) is 21.8. The molecule has 1 aromatic carbocycles. The highest BCUT2D eigenvalue weighted by Crippen LogP contribution is 2.77. The molecule has 0 aromatic heterocycles. The molecule has 4 heteroatoms. The molecule has 0 saturated heterocycles. The van der Waals surface area contributed by atoms with Crippen molar-refractivity contribution in [1.82, 2.24) is 0 Å². The van der Waals surface area contributed by atoms with Gasteiger partial charge in [-0.3, -0.25) is 4.79 Å². The van der Waals surface area contributed by atoms with E-state index in [4.69, 9.17) is 4.74 Å². The molecule has 4 nitrogen and oxygen atoms in total. The Morgan fingerprint density at radius 1 is 0.929 bits per heavy atom. The van der Waals surface area contributed by atoms with E-state index in [1.807, 2.05) is 18.2 Å². The van der Waals surface area contributed by atoms with Gasteiger partial charge in [0, 0.05) is 0 Å². The minimum atomic E-state index is -0.636. The van der Waals surface area contributed by atoms with E-state index in [-0.39, 0.29) is 39.6 Å². The number of hydrogen-bond donors (Lipinski definition) is 2. The van der Waals surface area contributed by atoms with Crippen LogP contribution in [0.4, 0.5) is 0 Å². The first kappa shape index (κ1) is 30.0. The number of aliphatic carboxylic acids is 1. The van der Waals surface area contributed by atoms with Crippen LogP contribution in [0.2, 0.25) is 0 Å². The molecule has 5 fully saturated rings. The Kier molecular flexibility index (Phi) is 7.12. The molecule has 5 aliphatic carbocycles. The van der Waals surface area contributed by atoms with E-state index >= 15 is 0 Å². The molecule has 42 heavy (non-hydrogen) atoms. The number of aliphatic hydroxyl groups excluding tert-OH is 1. The molecule has 5 aliphatic rings. The number of rotatable bonds is 5. The van der Waals surface area contributed by atoms with Crippen LogP contribution >= 0.6 is 0 Å². The molecular weight excluding hydrogens is 520 g/mol. The topological polar surface area (TPSA) is 66.8 Å². The van der Waals surface area contributed by atoms with Gasteiger partial charge >= 0.3 is 5.97 Å². The maximum absolute atomic E-state index is 13.2. The van der Waals surface area contributed by atoms with Crippen molar-refractivity contribution >= 4 is 12.0 Å². The average molecular weight is 575 g/mol. The fraction of sp³-hybridized carbons (Fsp3) is 0.711. The molecule has 0 heterocycles. The van der Waals surface area contributed by atoms with E-state index in [9.17, 15) is 15.0 Å². The maximum Gasteiger partial charge on any atom is 0.309 e. The van der Waals surface area contributed by atoms with Gasteiger partial charge in [0.15, 0.2) is 0 Å². The van der Waals surface area contributed by atoms with Crippen LogP contribution in [0.1, 0.15) is 104 Å². The number of fused-ring (bicyclic) bond motifs is 7. The molecule has 0 amide bonds. The summed E-state index contributed by atoms with van der Waals surface area (Å²) in [6, 6.07) is 8.06. The summed E-state index contributed by atoms with van der Waals surface area (Å²) in [5.41, 5.74) is 1.97. The first-order chi connectivity index (χ1) is 19.7. The smallest absolute Gasteiger partial charge is 0.309 e. The van der Waals surface area contributed by atoms with Crippen LogP contribution in [0.5, 0.6) is 5.75 Å². The lowest BCUT2D eigenvalue weighted by molar-refractivity contribution is -0.248. The van der Waals surface area contributed by atoms with Crippen molar-refractivity contribution in [3.8, 4) is 5.75 Å². The Morgan fingerprint density at radius 2 is 1.69 bits per heavy atom. The zero-order valence-corrected chi connectivity index (χ0v) is 26.9. The molecule has 0 radical (unpaired) electrons.